The molecule has 1 aromatic carbocycles. The summed E-state index contributed by atoms with van der Waals surface area (Å²) < 4.78 is 11.3. The fourth-order valence-corrected chi connectivity index (χ4v) is 1.59. The van der Waals surface area contributed by atoms with E-state index in [2.05, 4.69) is 21.1 Å². The van der Waals surface area contributed by atoms with E-state index in [0.29, 0.717) is 11.5 Å². The van der Waals surface area contributed by atoms with E-state index in [0.717, 1.165) is 9.86 Å². The predicted molar refractivity (Wildman–Crippen MR) is 62.3 cm³/mol. The van der Waals surface area contributed by atoms with E-state index < -0.39 is 6.04 Å². The number of benzene rings is 1. The largest absolute Gasteiger partial charge is 0.473 e. The van der Waals surface area contributed by atoms with E-state index >= 15 is 0 Å². The SMILES string of the molecule is NC(CO)COc1noc2ccc(Br)cc12. The van der Waals surface area contributed by atoms with Crippen molar-refractivity contribution < 1.29 is 14.4 Å². The Bertz CT molecular complexity index is 486. The minimum atomic E-state index is -0.418. The van der Waals surface area contributed by atoms with Crippen molar-refractivity contribution in [2.24, 2.45) is 5.73 Å². The molecule has 6 heteroatoms. The van der Waals surface area contributed by atoms with Crippen LogP contribution in [0.4, 0.5) is 0 Å². The lowest BCUT2D eigenvalue weighted by molar-refractivity contribution is 0.198. The molecule has 1 aromatic heterocycles. The molecule has 0 radical (unpaired) electrons. The first-order valence-electron chi connectivity index (χ1n) is 4.75. The number of fused-ring (bicyclic) bond motifs is 1. The lowest BCUT2D eigenvalue weighted by atomic mass is 10.2. The Kier molecular flexibility index (Phi) is 3.42. The molecule has 3 N–H and O–H groups in total. The minimum Gasteiger partial charge on any atom is -0.473 e. The average molecular weight is 287 g/mol. The third-order valence-electron chi connectivity index (χ3n) is 2.07. The molecule has 0 spiro atoms. The average Bonchev–Trinajstić information content (AvgIpc) is 2.68. The van der Waals surface area contributed by atoms with E-state index in [9.17, 15) is 0 Å². The van der Waals surface area contributed by atoms with Crippen molar-refractivity contribution in [2.75, 3.05) is 13.2 Å². The van der Waals surface area contributed by atoms with Gasteiger partial charge in [-0.05, 0) is 23.4 Å². The number of aliphatic hydroxyl groups is 1. The van der Waals surface area contributed by atoms with Crippen LogP contribution in [0.3, 0.4) is 0 Å². The highest BCUT2D eigenvalue weighted by atomic mass is 79.9. The van der Waals surface area contributed by atoms with E-state index in [-0.39, 0.29) is 13.2 Å². The Hall–Kier alpha value is -1.11. The summed E-state index contributed by atoms with van der Waals surface area (Å²) in [5.41, 5.74) is 6.17. The van der Waals surface area contributed by atoms with Gasteiger partial charge >= 0.3 is 0 Å². The fourth-order valence-electron chi connectivity index (χ4n) is 1.23. The molecule has 1 heterocycles. The van der Waals surface area contributed by atoms with Crippen LogP contribution in [0.5, 0.6) is 5.88 Å². The summed E-state index contributed by atoms with van der Waals surface area (Å²) in [7, 11) is 0. The summed E-state index contributed by atoms with van der Waals surface area (Å²) in [5, 5.41) is 13.3. The molecule has 2 rings (SSSR count). The van der Waals surface area contributed by atoms with Gasteiger partial charge in [0.25, 0.3) is 5.88 Å². The van der Waals surface area contributed by atoms with Crippen LogP contribution in [-0.2, 0) is 0 Å². The highest BCUT2D eigenvalue weighted by Crippen LogP contribution is 2.27. The molecule has 0 aliphatic heterocycles. The Labute approximate surface area is 100 Å². The van der Waals surface area contributed by atoms with Crippen LogP contribution in [0.2, 0.25) is 0 Å². The van der Waals surface area contributed by atoms with Gasteiger partial charge in [-0.3, -0.25) is 0 Å². The molecule has 2 aromatic rings. The number of nitrogens with two attached hydrogens (primary N) is 1. The van der Waals surface area contributed by atoms with Gasteiger partial charge in [-0.2, -0.15) is 0 Å². The fraction of sp³-hybridized carbons (Fsp3) is 0.300. The highest BCUT2D eigenvalue weighted by Gasteiger charge is 2.11. The molecule has 5 nitrogen and oxygen atoms in total. The number of hydrogen-bond donors (Lipinski definition) is 2. The standard InChI is InChI=1S/C10H11BrN2O3/c11-6-1-2-9-8(3-6)10(13-16-9)15-5-7(12)4-14/h1-3,7,14H,4-5,12H2. The van der Waals surface area contributed by atoms with Crippen LogP contribution >= 0.6 is 15.9 Å². The topological polar surface area (TPSA) is 81.5 Å². The molecule has 16 heavy (non-hydrogen) atoms. The number of ether oxygens (including phenoxy) is 1. The zero-order chi connectivity index (χ0) is 11.5. The second-order valence-electron chi connectivity index (χ2n) is 3.38. The van der Waals surface area contributed by atoms with Crippen molar-refractivity contribution in [3.63, 3.8) is 0 Å². The van der Waals surface area contributed by atoms with Gasteiger partial charge in [0.15, 0.2) is 5.58 Å². The summed E-state index contributed by atoms with van der Waals surface area (Å²) in [4.78, 5) is 0. The van der Waals surface area contributed by atoms with Crippen molar-refractivity contribution in [2.45, 2.75) is 6.04 Å². The van der Waals surface area contributed by atoms with E-state index in [1.54, 1.807) is 6.07 Å². The van der Waals surface area contributed by atoms with Gasteiger partial charge in [0.05, 0.1) is 18.0 Å². The molecule has 0 fully saturated rings. The lowest BCUT2D eigenvalue weighted by Crippen LogP contribution is -2.31. The van der Waals surface area contributed by atoms with Crippen LogP contribution < -0.4 is 10.5 Å². The molecule has 1 atom stereocenters. The van der Waals surface area contributed by atoms with Crippen LogP contribution in [-0.4, -0.2) is 29.5 Å². The van der Waals surface area contributed by atoms with E-state index in [1.165, 1.54) is 0 Å². The molecule has 0 saturated heterocycles. The van der Waals surface area contributed by atoms with Crippen molar-refractivity contribution in [1.29, 1.82) is 0 Å². The Balaban J connectivity index is 2.21. The third-order valence-corrected chi connectivity index (χ3v) is 2.56. The van der Waals surface area contributed by atoms with Crippen LogP contribution in [0.15, 0.2) is 27.2 Å². The Morgan fingerprint density at radius 1 is 1.56 bits per heavy atom. The number of hydrogen-bond acceptors (Lipinski definition) is 5. The number of nitrogens with zero attached hydrogens (tertiary/aromatic N) is 1. The molecule has 1 unspecified atom stereocenters. The van der Waals surface area contributed by atoms with Crippen LogP contribution in [0, 0.1) is 0 Å². The first-order chi connectivity index (χ1) is 7.70. The van der Waals surface area contributed by atoms with Crippen molar-refractivity contribution in [3.8, 4) is 5.88 Å². The highest BCUT2D eigenvalue weighted by molar-refractivity contribution is 9.10. The van der Waals surface area contributed by atoms with Gasteiger partial charge < -0.3 is 20.1 Å². The van der Waals surface area contributed by atoms with Crippen LogP contribution in [0.25, 0.3) is 11.0 Å². The monoisotopic (exact) mass is 286 g/mol. The molecule has 0 aliphatic carbocycles. The van der Waals surface area contributed by atoms with Crippen molar-refractivity contribution >= 4 is 26.9 Å². The van der Waals surface area contributed by atoms with Gasteiger partial charge in [-0.15, -0.1) is 0 Å². The van der Waals surface area contributed by atoms with Crippen molar-refractivity contribution in [1.82, 2.24) is 5.16 Å². The Morgan fingerprint density at radius 2 is 2.38 bits per heavy atom. The van der Waals surface area contributed by atoms with Gasteiger partial charge in [-0.1, -0.05) is 15.9 Å². The van der Waals surface area contributed by atoms with Gasteiger partial charge in [0.2, 0.25) is 0 Å². The molecule has 0 amide bonds. The second-order valence-corrected chi connectivity index (χ2v) is 4.30. The maximum absolute atomic E-state index is 8.76. The maximum Gasteiger partial charge on any atom is 0.262 e. The number of halogens is 1. The maximum atomic E-state index is 8.76. The number of aromatic nitrogens is 1. The molecule has 0 aliphatic rings. The van der Waals surface area contributed by atoms with Gasteiger partial charge in [0.1, 0.15) is 6.61 Å². The smallest absolute Gasteiger partial charge is 0.262 e. The summed E-state index contributed by atoms with van der Waals surface area (Å²) >= 11 is 3.36. The van der Waals surface area contributed by atoms with E-state index in [1.807, 2.05) is 12.1 Å². The number of rotatable bonds is 4. The zero-order valence-corrected chi connectivity index (χ0v) is 9.98. The molecule has 0 saturated carbocycles. The number of aliphatic hydroxyl groups excluding tert-OH is 1. The zero-order valence-electron chi connectivity index (χ0n) is 8.39. The molecule has 86 valence electrons. The Morgan fingerprint density at radius 3 is 3.12 bits per heavy atom. The summed E-state index contributed by atoms with van der Waals surface area (Å²) in [6, 6.07) is 5.09. The second kappa shape index (κ2) is 4.82. The van der Waals surface area contributed by atoms with Gasteiger partial charge in [0, 0.05) is 4.47 Å². The van der Waals surface area contributed by atoms with Gasteiger partial charge in [-0.25, -0.2) is 0 Å². The first-order valence-corrected chi connectivity index (χ1v) is 5.54. The lowest BCUT2D eigenvalue weighted by Gasteiger charge is -2.07. The summed E-state index contributed by atoms with van der Waals surface area (Å²) in [5.74, 6) is 0.389. The minimum absolute atomic E-state index is 0.126. The first kappa shape index (κ1) is 11.4. The van der Waals surface area contributed by atoms with Crippen LogP contribution in [0.1, 0.15) is 0 Å². The predicted octanol–water partition coefficient (Wildman–Crippen LogP) is 1.29. The quantitative estimate of drug-likeness (QED) is 0.885. The normalized spacial score (nSPS) is 12.9. The van der Waals surface area contributed by atoms with Crippen molar-refractivity contribution in [3.05, 3.63) is 22.7 Å². The van der Waals surface area contributed by atoms with E-state index in [4.69, 9.17) is 20.1 Å². The molecule has 0 bridgehead atoms. The summed E-state index contributed by atoms with van der Waals surface area (Å²) in [6.45, 7) is 0.0735. The third kappa shape index (κ3) is 2.34. The summed E-state index contributed by atoms with van der Waals surface area (Å²) in [6.07, 6.45) is 0. The molecular formula is C10H11BrN2O3. The molecular weight excluding hydrogens is 276 g/mol.